The second-order valence-corrected chi connectivity index (χ2v) is 10.0. The van der Waals surface area contributed by atoms with Crippen LogP contribution >= 0.6 is 11.6 Å². The minimum Gasteiger partial charge on any atom is -0.322 e. The van der Waals surface area contributed by atoms with Crippen LogP contribution in [0.5, 0.6) is 0 Å². The van der Waals surface area contributed by atoms with Gasteiger partial charge in [-0.25, -0.2) is 8.42 Å². The van der Waals surface area contributed by atoms with E-state index in [0.29, 0.717) is 12.1 Å². The minimum atomic E-state index is -3.86. The predicted molar refractivity (Wildman–Crippen MR) is 115 cm³/mol. The average molecular weight is 447 g/mol. The Kier molecular flexibility index (Phi) is 5.95. The maximum absolute atomic E-state index is 13.4. The number of Topliss-reactive ketones (excluding diaryl/α,β-unsaturated/α-hetero) is 1. The van der Waals surface area contributed by atoms with Crippen molar-refractivity contribution >= 4 is 39.0 Å². The summed E-state index contributed by atoms with van der Waals surface area (Å²) in [4.78, 5) is 25.0. The van der Waals surface area contributed by atoms with E-state index in [9.17, 15) is 18.0 Å². The molecule has 6 nitrogen and oxygen atoms in total. The van der Waals surface area contributed by atoms with Gasteiger partial charge in [-0.1, -0.05) is 42.6 Å². The van der Waals surface area contributed by atoms with Crippen molar-refractivity contribution in [1.29, 1.82) is 0 Å². The molecule has 2 atom stereocenters. The number of rotatable bonds is 4. The third-order valence-electron chi connectivity index (χ3n) is 5.91. The van der Waals surface area contributed by atoms with E-state index in [1.807, 2.05) is 6.07 Å². The number of benzene rings is 2. The molecule has 158 valence electrons. The smallest absolute Gasteiger partial charge is 0.257 e. The maximum atomic E-state index is 13.4. The number of piperidine rings is 1. The second kappa shape index (κ2) is 8.49. The number of hydrogen-bond acceptors (Lipinski definition) is 4. The number of para-hydroxylation sites is 1. The zero-order valence-corrected chi connectivity index (χ0v) is 18.0. The zero-order chi connectivity index (χ0) is 21.3. The molecule has 1 heterocycles. The summed E-state index contributed by atoms with van der Waals surface area (Å²) in [7, 11) is -3.86. The number of sulfonamides is 1. The molecule has 30 heavy (non-hydrogen) atoms. The van der Waals surface area contributed by atoms with Gasteiger partial charge >= 0.3 is 0 Å². The number of halogens is 1. The Labute approximate surface area is 181 Å². The van der Waals surface area contributed by atoms with Gasteiger partial charge in [-0.3, -0.25) is 9.59 Å². The van der Waals surface area contributed by atoms with Crippen molar-refractivity contribution in [3.8, 4) is 0 Å². The number of nitrogens with zero attached hydrogens (tertiary/aromatic N) is 1. The van der Waals surface area contributed by atoms with E-state index in [-0.39, 0.29) is 46.2 Å². The van der Waals surface area contributed by atoms with Crippen LogP contribution < -0.4 is 5.32 Å². The highest BCUT2D eigenvalue weighted by atomic mass is 35.5. The van der Waals surface area contributed by atoms with E-state index < -0.39 is 15.9 Å². The van der Waals surface area contributed by atoms with Gasteiger partial charge < -0.3 is 5.32 Å². The lowest BCUT2D eigenvalue weighted by molar-refractivity contribution is -0.128. The van der Waals surface area contributed by atoms with Crippen LogP contribution in [0.25, 0.3) is 0 Å². The Bertz CT molecular complexity index is 1070. The average Bonchev–Trinajstić information content (AvgIpc) is 2.75. The van der Waals surface area contributed by atoms with Crippen molar-refractivity contribution in [3.63, 3.8) is 0 Å². The highest BCUT2D eigenvalue weighted by molar-refractivity contribution is 7.89. The van der Waals surface area contributed by atoms with Crippen molar-refractivity contribution in [1.82, 2.24) is 4.31 Å². The summed E-state index contributed by atoms with van der Waals surface area (Å²) >= 11 is 6.21. The van der Waals surface area contributed by atoms with E-state index in [4.69, 9.17) is 11.6 Å². The van der Waals surface area contributed by atoms with Crippen LogP contribution in [-0.4, -0.2) is 37.0 Å². The molecule has 2 aromatic carbocycles. The fraction of sp³-hybridized carbons (Fsp3) is 0.364. The first kappa shape index (κ1) is 21.0. The summed E-state index contributed by atoms with van der Waals surface area (Å²) < 4.78 is 28.3. The molecule has 2 fully saturated rings. The number of ketones is 1. The topological polar surface area (TPSA) is 83.6 Å². The molecular formula is C22H23ClN2O4S. The van der Waals surface area contributed by atoms with Crippen LogP contribution in [0.15, 0.2) is 53.4 Å². The van der Waals surface area contributed by atoms with Crippen LogP contribution in [0.4, 0.5) is 5.69 Å². The molecule has 1 amide bonds. The van der Waals surface area contributed by atoms with Gasteiger partial charge in [0, 0.05) is 30.6 Å². The van der Waals surface area contributed by atoms with Crippen molar-refractivity contribution in [2.45, 2.75) is 43.0 Å². The molecule has 1 saturated heterocycles. The van der Waals surface area contributed by atoms with Gasteiger partial charge in [0.1, 0.15) is 5.78 Å². The zero-order valence-electron chi connectivity index (χ0n) is 16.4. The predicted octanol–water partition coefficient (Wildman–Crippen LogP) is 4.11. The standard InChI is InChI=1S/C22H23ClN2O4S/c23-19-11-10-16(14-18(19)22(27)24-15-6-2-1-3-7-15)30(28,29)25-13-12-21(26)17-8-4-5-9-20(17)25/h1-3,6-7,10-11,14,17,20H,4-5,8-9,12-13H2,(H,24,27)/t17-,20+/m1/s1. The number of amides is 1. The molecule has 8 heteroatoms. The Hall–Kier alpha value is -2.22. The first-order valence-electron chi connectivity index (χ1n) is 10.1. The Morgan fingerprint density at radius 3 is 2.57 bits per heavy atom. The van der Waals surface area contributed by atoms with Gasteiger partial charge in [-0.2, -0.15) is 4.31 Å². The first-order valence-corrected chi connectivity index (χ1v) is 11.9. The summed E-state index contributed by atoms with van der Waals surface area (Å²) in [6, 6.07) is 12.8. The SMILES string of the molecule is O=C(Nc1ccccc1)c1cc(S(=O)(=O)N2CCC(=O)[C@@H]3CCCC[C@@H]32)ccc1Cl. The lowest BCUT2D eigenvalue weighted by Gasteiger charge is -2.42. The molecule has 2 aliphatic rings. The summed E-state index contributed by atoms with van der Waals surface area (Å²) in [6.45, 7) is 0.177. The number of carbonyl (C=O) groups excluding carboxylic acids is 2. The van der Waals surface area contributed by atoms with E-state index >= 15 is 0 Å². The number of hydrogen-bond donors (Lipinski definition) is 1. The lowest BCUT2D eigenvalue weighted by atomic mass is 9.79. The minimum absolute atomic E-state index is 0.0174. The van der Waals surface area contributed by atoms with Crippen LogP contribution in [0, 0.1) is 5.92 Å². The first-order chi connectivity index (χ1) is 14.4. The molecule has 0 spiro atoms. The van der Waals surface area contributed by atoms with Gasteiger partial charge in [-0.05, 0) is 43.2 Å². The van der Waals surface area contributed by atoms with Crippen molar-refractivity contribution in [2.75, 3.05) is 11.9 Å². The molecule has 4 rings (SSSR count). The van der Waals surface area contributed by atoms with Gasteiger partial charge in [0.25, 0.3) is 5.91 Å². The van der Waals surface area contributed by atoms with Gasteiger partial charge in [0.2, 0.25) is 10.0 Å². The molecule has 1 saturated carbocycles. The normalized spacial score (nSPS) is 22.4. The highest BCUT2D eigenvalue weighted by Gasteiger charge is 2.43. The summed E-state index contributed by atoms with van der Waals surface area (Å²) in [5.41, 5.74) is 0.682. The molecule has 1 N–H and O–H groups in total. The van der Waals surface area contributed by atoms with E-state index in [2.05, 4.69) is 5.32 Å². The highest BCUT2D eigenvalue weighted by Crippen LogP contribution is 2.37. The third kappa shape index (κ3) is 4.02. The van der Waals surface area contributed by atoms with Gasteiger partial charge in [0.15, 0.2) is 0 Å². The summed E-state index contributed by atoms with van der Waals surface area (Å²) in [6.07, 6.45) is 3.51. The van der Waals surface area contributed by atoms with Crippen LogP contribution in [0.2, 0.25) is 5.02 Å². The van der Waals surface area contributed by atoms with E-state index in [1.54, 1.807) is 24.3 Å². The van der Waals surface area contributed by atoms with Crippen LogP contribution in [0.3, 0.4) is 0 Å². The number of fused-ring (bicyclic) bond motifs is 1. The molecule has 0 radical (unpaired) electrons. The largest absolute Gasteiger partial charge is 0.322 e. The Balaban J connectivity index is 1.64. The van der Waals surface area contributed by atoms with Crippen LogP contribution in [-0.2, 0) is 14.8 Å². The fourth-order valence-corrected chi connectivity index (χ4v) is 6.32. The van der Waals surface area contributed by atoms with Crippen LogP contribution in [0.1, 0.15) is 42.5 Å². The molecule has 2 aromatic rings. The monoisotopic (exact) mass is 446 g/mol. The van der Waals surface area contributed by atoms with Crippen molar-refractivity contribution < 1.29 is 18.0 Å². The molecule has 0 unspecified atom stereocenters. The summed E-state index contributed by atoms with van der Waals surface area (Å²) in [5.74, 6) is -0.548. The van der Waals surface area contributed by atoms with Gasteiger partial charge in [0.05, 0.1) is 15.5 Å². The van der Waals surface area contributed by atoms with Gasteiger partial charge in [-0.15, -0.1) is 0 Å². The lowest BCUT2D eigenvalue weighted by Crippen LogP contribution is -2.53. The van der Waals surface area contributed by atoms with Crippen molar-refractivity contribution in [2.24, 2.45) is 5.92 Å². The molecular weight excluding hydrogens is 424 g/mol. The Morgan fingerprint density at radius 1 is 1.07 bits per heavy atom. The van der Waals surface area contributed by atoms with Crippen molar-refractivity contribution in [3.05, 3.63) is 59.1 Å². The third-order valence-corrected chi connectivity index (χ3v) is 8.16. The molecule has 1 aliphatic carbocycles. The Morgan fingerprint density at radius 2 is 1.80 bits per heavy atom. The quantitative estimate of drug-likeness (QED) is 0.765. The molecule has 1 aliphatic heterocycles. The number of carbonyl (C=O) groups is 2. The van der Waals surface area contributed by atoms with E-state index in [1.165, 1.54) is 22.5 Å². The van der Waals surface area contributed by atoms with E-state index in [0.717, 1.165) is 19.3 Å². The maximum Gasteiger partial charge on any atom is 0.257 e. The summed E-state index contributed by atoms with van der Waals surface area (Å²) in [5, 5.41) is 2.90. The fourth-order valence-electron chi connectivity index (χ4n) is 4.40. The molecule has 0 aromatic heterocycles. The second-order valence-electron chi connectivity index (χ2n) is 7.75. The molecule has 0 bridgehead atoms. The number of anilines is 1. The number of nitrogens with one attached hydrogen (secondary N) is 1.